The van der Waals surface area contributed by atoms with Crippen LogP contribution in [0.5, 0.6) is 0 Å². The van der Waals surface area contributed by atoms with Gasteiger partial charge < -0.3 is 10.1 Å². The Bertz CT molecular complexity index is 617. The second-order valence-electron chi connectivity index (χ2n) is 5.84. The molecule has 0 aromatic heterocycles. The van der Waals surface area contributed by atoms with Crippen LogP contribution in [0.25, 0.3) is 0 Å². The molecule has 0 fully saturated rings. The molecule has 22 heavy (non-hydrogen) atoms. The lowest BCUT2D eigenvalue weighted by Crippen LogP contribution is -2.50. The summed E-state index contributed by atoms with van der Waals surface area (Å²) in [5.74, 6) is -1.09. The maximum atomic E-state index is 12.0. The van der Waals surface area contributed by atoms with Crippen molar-refractivity contribution in [2.24, 2.45) is 5.92 Å². The van der Waals surface area contributed by atoms with Gasteiger partial charge in [-0.25, -0.2) is 4.79 Å². The van der Waals surface area contributed by atoms with Crippen molar-refractivity contribution in [3.05, 3.63) is 34.9 Å². The van der Waals surface area contributed by atoms with E-state index in [-0.39, 0.29) is 5.92 Å². The predicted molar refractivity (Wildman–Crippen MR) is 83.2 cm³/mol. The molecule has 0 saturated heterocycles. The first kappa shape index (κ1) is 17.7. The third kappa shape index (κ3) is 4.08. The zero-order valence-electron chi connectivity index (χ0n) is 13.7. The highest BCUT2D eigenvalue weighted by Gasteiger charge is 2.30. The van der Waals surface area contributed by atoms with Gasteiger partial charge in [0, 0.05) is 0 Å². The van der Waals surface area contributed by atoms with E-state index in [9.17, 15) is 9.59 Å². The van der Waals surface area contributed by atoms with Crippen molar-refractivity contribution >= 4 is 11.9 Å². The van der Waals surface area contributed by atoms with Gasteiger partial charge in [-0.2, -0.15) is 5.26 Å². The molecule has 118 valence electrons. The summed E-state index contributed by atoms with van der Waals surface area (Å²) >= 11 is 0. The van der Waals surface area contributed by atoms with Crippen LogP contribution < -0.4 is 5.32 Å². The average Bonchev–Trinajstić information content (AvgIpc) is 2.47. The lowest BCUT2D eigenvalue weighted by molar-refractivity contribution is -0.125. The van der Waals surface area contributed by atoms with Gasteiger partial charge in [-0.15, -0.1) is 0 Å². The van der Waals surface area contributed by atoms with Crippen molar-refractivity contribution in [3.8, 4) is 6.07 Å². The van der Waals surface area contributed by atoms with Crippen molar-refractivity contribution < 1.29 is 14.3 Å². The number of esters is 1. The molecule has 1 rings (SSSR count). The maximum Gasteiger partial charge on any atom is 0.338 e. The highest BCUT2D eigenvalue weighted by atomic mass is 16.5. The molecule has 0 radical (unpaired) electrons. The highest BCUT2D eigenvalue weighted by molar-refractivity contribution is 5.93. The van der Waals surface area contributed by atoms with Gasteiger partial charge in [-0.3, -0.25) is 4.79 Å². The number of nitrogens with one attached hydrogen (secondary N) is 1. The fourth-order valence-corrected chi connectivity index (χ4v) is 1.81. The van der Waals surface area contributed by atoms with Crippen LogP contribution in [0.1, 0.15) is 42.3 Å². The van der Waals surface area contributed by atoms with E-state index in [1.165, 1.54) is 0 Å². The molecule has 0 saturated carbocycles. The molecule has 0 aliphatic carbocycles. The van der Waals surface area contributed by atoms with Crippen LogP contribution in [0.4, 0.5) is 0 Å². The third-order valence-electron chi connectivity index (χ3n) is 3.94. The lowest BCUT2D eigenvalue weighted by Gasteiger charge is -2.27. The lowest BCUT2D eigenvalue weighted by atomic mass is 9.90. The Balaban J connectivity index is 2.67. The molecule has 1 atom stereocenters. The van der Waals surface area contributed by atoms with E-state index >= 15 is 0 Å². The summed E-state index contributed by atoms with van der Waals surface area (Å²) in [5.41, 5.74) is 1.27. The summed E-state index contributed by atoms with van der Waals surface area (Å²) in [4.78, 5) is 23.9. The minimum atomic E-state index is -0.983. The predicted octanol–water partition coefficient (Wildman–Crippen LogP) is 2.51. The Hall–Kier alpha value is -2.35. The second-order valence-corrected chi connectivity index (χ2v) is 5.84. The Kier molecular flexibility index (Phi) is 5.69. The minimum Gasteiger partial charge on any atom is -0.452 e. The molecular weight excluding hydrogens is 280 g/mol. The Morgan fingerprint density at radius 1 is 1.36 bits per heavy atom. The van der Waals surface area contributed by atoms with Gasteiger partial charge in [0.25, 0.3) is 5.91 Å². The van der Waals surface area contributed by atoms with Gasteiger partial charge in [-0.1, -0.05) is 26.0 Å². The molecule has 1 unspecified atom stereocenters. The summed E-state index contributed by atoms with van der Waals surface area (Å²) in [6.07, 6.45) is 0. The number of carbonyl (C=O) groups excluding carboxylic acids is 2. The van der Waals surface area contributed by atoms with Crippen molar-refractivity contribution in [1.29, 1.82) is 5.26 Å². The van der Waals surface area contributed by atoms with Crippen LogP contribution in [-0.4, -0.2) is 24.0 Å². The highest BCUT2D eigenvalue weighted by Crippen LogP contribution is 2.16. The third-order valence-corrected chi connectivity index (χ3v) is 3.94. The Morgan fingerprint density at radius 2 is 2.00 bits per heavy atom. The molecule has 0 bridgehead atoms. The Labute approximate surface area is 131 Å². The van der Waals surface area contributed by atoms with Crippen molar-refractivity contribution in [3.63, 3.8) is 0 Å². The van der Waals surface area contributed by atoms with Crippen LogP contribution in [0.3, 0.4) is 0 Å². The van der Waals surface area contributed by atoms with Crippen LogP contribution in [0.15, 0.2) is 18.2 Å². The van der Waals surface area contributed by atoms with Crippen LogP contribution >= 0.6 is 0 Å². The summed E-state index contributed by atoms with van der Waals surface area (Å²) in [6.45, 7) is 8.65. The summed E-state index contributed by atoms with van der Waals surface area (Å²) in [6, 6.07) is 7.41. The molecule has 0 spiro atoms. The first-order valence-electron chi connectivity index (χ1n) is 7.17. The molecule has 5 heteroatoms. The largest absolute Gasteiger partial charge is 0.452 e. The summed E-state index contributed by atoms with van der Waals surface area (Å²) < 4.78 is 5.04. The number of nitrogens with zero attached hydrogens (tertiary/aromatic N) is 1. The number of benzene rings is 1. The van der Waals surface area contributed by atoms with Gasteiger partial charge in [0.1, 0.15) is 5.54 Å². The number of nitriles is 1. The van der Waals surface area contributed by atoms with Crippen molar-refractivity contribution in [2.75, 3.05) is 6.61 Å². The van der Waals surface area contributed by atoms with Crippen LogP contribution in [-0.2, 0) is 9.53 Å². The fraction of sp³-hybridized carbons (Fsp3) is 0.471. The minimum absolute atomic E-state index is 0.0591. The van der Waals surface area contributed by atoms with E-state index in [2.05, 4.69) is 11.4 Å². The SMILES string of the molecule is Cc1cccc(C(=O)OCC(=O)NC(C)(C#N)C(C)C)c1C. The molecule has 1 amide bonds. The molecule has 1 aromatic carbocycles. The first-order valence-corrected chi connectivity index (χ1v) is 7.17. The van der Waals surface area contributed by atoms with Gasteiger partial charge >= 0.3 is 5.97 Å². The molecule has 0 heterocycles. The standard InChI is InChI=1S/C17H22N2O3/c1-11(2)17(5,10-18)19-15(20)9-22-16(21)14-8-6-7-12(3)13(14)4/h6-8,11H,9H2,1-5H3,(H,19,20). The molecule has 1 N–H and O–H groups in total. The quantitative estimate of drug-likeness (QED) is 0.848. The van der Waals surface area contributed by atoms with Gasteiger partial charge in [-0.05, 0) is 43.9 Å². The normalized spacial score (nSPS) is 13.1. The fourth-order valence-electron chi connectivity index (χ4n) is 1.81. The first-order chi connectivity index (χ1) is 10.2. The summed E-state index contributed by atoms with van der Waals surface area (Å²) in [5, 5.41) is 11.8. The van der Waals surface area contributed by atoms with Crippen molar-refractivity contribution in [2.45, 2.75) is 40.2 Å². The molecule has 1 aromatic rings. The van der Waals surface area contributed by atoms with Gasteiger partial charge in [0.15, 0.2) is 6.61 Å². The molecule has 0 aliphatic rings. The number of carbonyl (C=O) groups is 2. The second kappa shape index (κ2) is 7.08. The number of ether oxygens (including phenoxy) is 1. The summed E-state index contributed by atoms with van der Waals surface area (Å²) in [7, 11) is 0. The van der Waals surface area contributed by atoms with Gasteiger partial charge in [0.05, 0.1) is 11.6 Å². The molecular formula is C17H22N2O3. The van der Waals surface area contributed by atoms with E-state index in [4.69, 9.17) is 10.00 Å². The number of aryl methyl sites for hydroxylation is 1. The van der Waals surface area contributed by atoms with E-state index in [0.717, 1.165) is 11.1 Å². The zero-order valence-corrected chi connectivity index (χ0v) is 13.7. The number of hydrogen-bond acceptors (Lipinski definition) is 4. The maximum absolute atomic E-state index is 12.0. The van der Waals surface area contributed by atoms with Crippen molar-refractivity contribution in [1.82, 2.24) is 5.32 Å². The van der Waals surface area contributed by atoms with E-state index in [0.29, 0.717) is 5.56 Å². The van der Waals surface area contributed by atoms with Crippen LogP contribution in [0.2, 0.25) is 0 Å². The Morgan fingerprint density at radius 3 is 2.55 bits per heavy atom. The number of hydrogen-bond donors (Lipinski definition) is 1. The van der Waals surface area contributed by atoms with E-state index in [1.807, 2.05) is 33.8 Å². The number of amides is 1. The van der Waals surface area contributed by atoms with Gasteiger partial charge in [0.2, 0.25) is 0 Å². The zero-order chi connectivity index (χ0) is 16.9. The molecule has 5 nitrogen and oxygen atoms in total. The topological polar surface area (TPSA) is 79.2 Å². The monoisotopic (exact) mass is 302 g/mol. The van der Waals surface area contributed by atoms with Crippen LogP contribution in [0, 0.1) is 31.1 Å². The molecule has 0 aliphatic heterocycles. The van der Waals surface area contributed by atoms with E-state index < -0.39 is 24.0 Å². The van der Waals surface area contributed by atoms with E-state index in [1.54, 1.807) is 19.1 Å². The number of rotatable bonds is 5. The average molecular weight is 302 g/mol. The smallest absolute Gasteiger partial charge is 0.338 e.